The molecule has 1 N–H and O–H groups in total. The maximum Gasteiger partial charge on any atom is 0.0809 e. The van der Waals surface area contributed by atoms with Crippen molar-refractivity contribution >= 4 is 0 Å². The molecule has 0 aromatic heterocycles. The molecule has 100 valence electrons. The second kappa shape index (κ2) is 7.34. The largest absolute Gasteiger partial charge is 0.377 e. The summed E-state index contributed by atoms with van der Waals surface area (Å²) in [6.07, 6.45) is 8.29. The van der Waals surface area contributed by atoms with Crippen molar-refractivity contribution in [3.05, 3.63) is 0 Å². The Morgan fingerprint density at radius 1 is 1.24 bits per heavy atom. The molecule has 2 unspecified atom stereocenters. The molecule has 17 heavy (non-hydrogen) atoms. The van der Waals surface area contributed by atoms with Crippen LogP contribution in [0.3, 0.4) is 0 Å². The number of nitrogens with one attached hydrogen (secondary N) is 1. The summed E-state index contributed by atoms with van der Waals surface area (Å²) < 4.78 is 11.4. The van der Waals surface area contributed by atoms with Crippen molar-refractivity contribution in [3.8, 4) is 0 Å². The van der Waals surface area contributed by atoms with E-state index in [1.54, 1.807) is 0 Å². The Labute approximate surface area is 105 Å². The second-order valence-corrected chi connectivity index (χ2v) is 5.38. The van der Waals surface area contributed by atoms with Gasteiger partial charge in [-0.3, -0.25) is 0 Å². The van der Waals surface area contributed by atoms with Crippen LogP contribution in [0.4, 0.5) is 0 Å². The average Bonchev–Trinajstić information content (AvgIpc) is 3.01. The fraction of sp³-hybridized carbons (Fsp3) is 1.00. The van der Waals surface area contributed by atoms with Gasteiger partial charge in [0.1, 0.15) is 0 Å². The molecule has 0 spiro atoms. The predicted octanol–water partition coefficient (Wildman–Crippen LogP) is 2.35. The lowest BCUT2D eigenvalue weighted by Gasteiger charge is -2.24. The van der Waals surface area contributed by atoms with E-state index < -0.39 is 0 Å². The highest BCUT2D eigenvalue weighted by Gasteiger charge is 2.25. The quantitative estimate of drug-likeness (QED) is 0.742. The van der Waals surface area contributed by atoms with E-state index in [0.717, 1.165) is 32.3 Å². The van der Waals surface area contributed by atoms with Crippen LogP contribution in [0.5, 0.6) is 0 Å². The van der Waals surface area contributed by atoms with E-state index in [4.69, 9.17) is 9.47 Å². The molecule has 1 aliphatic heterocycles. The normalized spacial score (nSPS) is 27.7. The smallest absolute Gasteiger partial charge is 0.0809 e. The summed E-state index contributed by atoms with van der Waals surface area (Å²) in [7, 11) is 0. The van der Waals surface area contributed by atoms with Gasteiger partial charge >= 0.3 is 0 Å². The Kier molecular flexibility index (Phi) is 5.75. The SMILES string of the molecule is CCNC(COCC1CCCO1)C1CCCC1. The molecule has 0 aromatic carbocycles. The summed E-state index contributed by atoms with van der Waals surface area (Å²) in [5.41, 5.74) is 0. The van der Waals surface area contributed by atoms with Crippen LogP contribution in [0.25, 0.3) is 0 Å². The van der Waals surface area contributed by atoms with Gasteiger partial charge in [-0.25, -0.2) is 0 Å². The lowest BCUT2D eigenvalue weighted by Crippen LogP contribution is -2.39. The summed E-state index contributed by atoms with van der Waals surface area (Å²) in [5, 5.41) is 3.58. The summed E-state index contributed by atoms with van der Waals surface area (Å²) in [6.45, 7) is 5.80. The van der Waals surface area contributed by atoms with Crippen LogP contribution in [0.1, 0.15) is 45.4 Å². The van der Waals surface area contributed by atoms with Crippen LogP contribution in [0.15, 0.2) is 0 Å². The predicted molar refractivity (Wildman–Crippen MR) is 69.2 cm³/mol. The van der Waals surface area contributed by atoms with E-state index in [0.29, 0.717) is 12.1 Å². The Balaban J connectivity index is 1.65. The van der Waals surface area contributed by atoms with Crippen molar-refractivity contribution in [3.63, 3.8) is 0 Å². The highest BCUT2D eigenvalue weighted by molar-refractivity contribution is 4.80. The number of likely N-dealkylation sites (N-methyl/N-ethyl adjacent to an activating group) is 1. The van der Waals surface area contributed by atoms with Crippen LogP contribution in [0.2, 0.25) is 0 Å². The van der Waals surface area contributed by atoms with Gasteiger partial charge in [0.25, 0.3) is 0 Å². The molecule has 0 amide bonds. The second-order valence-electron chi connectivity index (χ2n) is 5.38. The third-order valence-corrected chi connectivity index (χ3v) is 4.06. The van der Waals surface area contributed by atoms with Gasteiger partial charge in [0, 0.05) is 12.6 Å². The molecule has 2 atom stereocenters. The van der Waals surface area contributed by atoms with Gasteiger partial charge in [-0.05, 0) is 38.1 Å². The molecule has 1 saturated carbocycles. The number of hydrogen-bond donors (Lipinski definition) is 1. The minimum Gasteiger partial charge on any atom is -0.377 e. The molecule has 3 heteroatoms. The third kappa shape index (κ3) is 4.23. The first-order chi connectivity index (χ1) is 8.40. The zero-order valence-corrected chi connectivity index (χ0v) is 11.1. The molecule has 1 aliphatic carbocycles. The molecule has 0 aromatic rings. The molecule has 0 bridgehead atoms. The van der Waals surface area contributed by atoms with E-state index in [9.17, 15) is 0 Å². The summed E-state index contributed by atoms with van der Waals surface area (Å²) in [5.74, 6) is 0.833. The van der Waals surface area contributed by atoms with Crippen molar-refractivity contribution in [1.29, 1.82) is 0 Å². The van der Waals surface area contributed by atoms with Gasteiger partial charge in [-0.15, -0.1) is 0 Å². The molecule has 3 nitrogen and oxygen atoms in total. The first kappa shape index (κ1) is 13.3. The Morgan fingerprint density at radius 2 is 2.06 bits per heavy atom. The van der Waals surface area contributed by atoms with Crippen LogP contribution in [-0.2, 0) is 9.47 Å². The van der Waals surface area contributed by atoms with E-state index >= 15 is 0 Å². The fourth-order valence-electron chi connectivity index (χ4n) is 3.09. The Hall–Kier alpha value is -0.120. The lowest BCUT2D eigenvalue weighted by atomic mass is 9.99. The summed E-state index contributed by atoms with van der Waals surface area (Å²) in [6, 6.07) is 0.559. The highest BCUT2D eigenvalue weighted by atomic mass is 16.5. The van der Waals surface area contributed by atoms with E-state index in [-0.39, 0.29) is 0 Å². The summed E-state index contributed by atoms with van der Waals surface area (Å²) in [4.78, 5) is 0. The van der Waals surface area contributed by atoms with Gasteiger partial charge in [0.2, 0.25) is 0 Å². The maximum absolute atomic E-state index is 5.86. The molecular formula is C14H27NO2. The third-order valence-electron chi connectivity index (χ3n) is 4.06. The van der Waals surface area contributed by atoms with Crippen molar-refractivity contribution < 1.29 is 9.47 Å². The van der Waals surface area contributed by atoms with Crippen LogP contribution >= 0.6 is 0 Å². The van der Waals surface area contributed by atoms with Crippen LogP contribution in [-0.4, -0.2) is 38.5 Å². The molecule has 2 fully saturated rings. The Bertz CT molecular complexity index is 198. The van der Waals surface area contributed by atoms with Crippen LogP contribution in [0, 0.1) is 5.92 Å². The molecular weight excluding hydrogens is 214 g/mol. The van der Waals surface area contributed by atoms with Gasteiger partial charge in [-0.2, -0.15) is 0 Å². The van der Waals surface area contributed by atoms with E-state index in [1.807, 2.05) is 0 Å². The van der Waals surface area contributed by atoms with Gasteiger partial charge in [-0.1, -0.05) is 19.8 Å². The fourth-order valence-corrected chi connectivity index (χ4v) is 3.09. The van der Waals surface area contributed by atoms with Gasteiger partial charge < -0.3 is 14.8 Å². The van der Waals surface area contributed by atoms with Crippen molar-refractivity contribution in [1.82, 2.24) is 5.32 Å². The molecule has 2 aliphatic rings. The minimum absolute atomic E-state index is 0.362. The lowest BCUT2D eigenvalue weighted by molar-refractivity contribution is 0.00512. The average molecular weight is 241 g/mol. The number of hydrogen-bond acceptors (Lipinski definition) is 3. The summed E-state index contributed by atoms with van der Waals surface area (Å²) >= 11 is 0. The van der Waals surface area contributed by atoms with Gasteiger partial charge in [0.15, 0.2) is 0 Å². The first-order valence-electron chi connectivity index (χ1n) is 7.33. The standard InChI is InChI=1S/C14H27NO2/c1-2-15-14(12-6-3-4-7-12)11-16-10-13-8-5-9-17-13/h12-15H,2-11H2,1H3. The minimum atomic E-state index is 0.362. The topological polar surface area (TPSA) is 30.5 Å². The van der Waals surface area contributed by atoms with E-state index in [1.165, 1.54) is 38.5 Å². The Morgan fingerprint density at radius 3 is 2.71 bits per heavy atom. The maximum atomic E-state index is 5.86. The van der Waals surface area contributed by atoms with E-state index in [2.05, 4.69) is 12.2 Å². The van der Waals surface area contributed by atoms with Crippen molar-refractivity contribution in [2.24, 2.45) is 5.92 Å². The van der Waals surface area contributed by atoms with Crippen molar-refractivity contribution in [2.75, 3.05) is 26.4 Å². The molecule has 1 saturated heterocycles. The zero-order valence-electron chi connectivity index (χ0n) is 11.1. The van der Waals surface area contributed by atoms with Crippen molar-refractivity contribution in [2.45, 2.75) is 57.6 Å². The molecule has 1 heterocycles. The zero-order chi connectivity index (χ0) is 11.9. The molecule has 0 radical (unpaired) electrons. The molecule has 2 rings (SSSR count). The number of rotatable bonds is 7. The highest BCUT2D eigenvalue weighted by Crippen LogP contribution is 2.28. The number of ether oxygens (including phenoxy) is 2. The van der Waals surface area contributed by atoms with Crippen LogP contribution < -0.4 is 5.32 Å². The van der Waals surface area contributed by atoms with Gasteiger partial charge in [0.05, 0.1) is 19.3 Å². The monoisotopic (exact) mass is 241 g/mol. The first-order valence-corrected chi connectivity index (χ1v) is 7.33.